The van der Waals surface area contributed by atoms with Crippen molar-refractivity contribution in [1.82, 2.24) is 4.90 Å². The largest absolute Gasteiger partial charge is 0.480 e. The standard InChI is InChI=1S/C17H29NO4/c1-17(2,3)13-6-4-12(5-7-13)10-15(19)18-8-9-22-11-14(18)16(20)21/h12-14H,4-11H2,1-3H3,(H,20,21). The van der Waals surface area contributed by atoms with Crippen molar-refractivity contribution < 1.29 is 19.4 Å². The molecule has 2 aliphatic rings. The molecule has 126 valence electrons. The van der Waals surface area contributed by atoms with Crippen molar-refractivity contribution in [2.75, 3.05) is 19.8 Å². The molecule has 0 spiro atoms. The Hall–Kier alpha value is -1.10. The molecule has 0 aromatic rings. The lowest BCUT2D eigenvalue weighted by atomic mass is 9.69. The summed E-state index contributed by atoms with van der Waals surface area (Å²) in [4.78, 5) is 25.2. The first-order valence-electron chi connectivity index (χ1n) is 8.39. The molecule has 1 heterocycles. The summed E-state index contributed by atoms with van der Waals surface area (Å²) in [5.74, 6) is 0.150. The third-order valence-corrected chi connectivity index (χ3v) is 5.27. The molecule has 1 N–H and O–H groups in total. The van der Waals surface area contributed by atoms with Crippen molar-refractivity contribution in [3.05, 3.63) is 0 Å². The molecular formula is C17H29NO4. The summed E-state index contributed by atoms with van der Waals surface area (Å²) in [6, 6.07) is -0.813. The van der Waals surface area contributed by atoms with Crippen LogP contribution in [0, 0.1) is 17.3 Å². The fraction of sp³-hybridized carbons (Fsp3) is 0.882. The van der Waals surface area contributed by atoms with Crippen LogP contribution >= 0.6 is 0 Å². The van der Waals surface area contributed by atoms with Crippen molar-refractivity contribution in [3.63, 3.8) is 0 Å². The van der Waals surface area contributed by atoms with Gasteiger partial charge >= 0.3 is 5.97 Å². The molecule has 0 radical (unpaired) electrons. The number of carbonyl (C=O) groups excluding carboxylic acids is 1. The van der Waals surface area contributed by atoms with Crippen LogP contribution in [0.5, 0.6) is 0 Å². The zero-order valence-electron chi connectivity index (χ0n) is 14.0. The second-order valence-corrected chi connectivity index (χ2v) is 7.80. The van der Waals surface area contributed by atoms with E-state index in [1.807, 2.05) is 0 Å². The summed E-state index contributed by atoms with van der Waals surface area (Å²) in [7, 11) is 0. The Labute approximate surface area is 133 Å². The Kier molecular flexibility index (Phi) is 5.48. The van der Waals surface area contributed by atoms with E-state index in [0.29, 0.717) is 30.9 Å². The maximum Gasteiger partial charge on any atom is 0.328 e. The second kappa shape index (κ2) is 6.99. The molecule has 5 nitrogen and oxygen atoms in total. The first kappa shape index (κ1) is 17.3. The van der Waals surface area contributed by atoms with Gasteiger partial charge in [-0.3, -0.25) is 4.79 Å². The van der Waals surface area contributed by atoms with Gasteiger partial charge in [-0.05, 0) is 42.9 Å². The van der Waals surface area contributed by atoms with Crippen molar-refractivity contribution in [3.8, 4) is 0 Å². The third kappa shape index (κ3) is 4.22. The maximum atomic E-state index is 12.5. The zero-order valence-corrected chi connectivity index (χ0v) is 14.0. The lowest BCUT2D eigenvalue weighted by Crippen LogP contribution is -2.53. The van der Waals surface area contributed by atoms with E-state index in [1.165, 1.54) is 17.7 Å². The predicted molar refractivity (Wildman–Crippen MR) is 83.5 cm³/mol. The van der Waals surface area contributed by atoms with E-state index in [0.717, 1.165) is 18.8 Å². The molecular weight excluding hydrogens is 282 g/mol. The van der Waals surface area contributed by atoms with E-state index in [2.05, 4.69) is 20.8 Å². The number of nitrogens with zero attached hydrogens (tertiary/aromatic N) is 1. The minimum Gasteiger partial charge on any atom is -0.480 e. The highest BCUT2D eigenvalue weighted by Gasteiger charge is 2.35. The van der Waals surface area contributed by atoms with Crippen molar-refractivity contribution in [1.29, 1.82) is 0 Å². The Morgan fingerprint density at radius 3 is 2.36 bits per heavy atom. The van der Waals surface area contributed by atoms with Gasteiger partial charge in [0.15, 0.2) is 6.04 Å². The molecule has 2 fully saturated rings. The highest BCUT2D eigenvalue weighted by atomic mass is 16.5. The SMILES string of the molecule is CC(C)(C)C1CCC(CC(=O)N2CCOCC2C(=O)O)CC1. The third-order valence-electron chi connectivity index (χ3n) is 5.27. The molecule has 5 heteroatoms. The zero-order chi connectivity index (χ0) is 16.3. The van der Waals surface area contributed by atoms with Gasteiger partial charge in [-0.15, -0.1) is 0 Å². The van der Waals surface area contributed by atoms with Gasteiger partial charge in [0.05, 0.1) is 13.2 Å². The Bertz CT molecular complexity index is 407. The lowest BCUT2D eigenvalue weighted by molar-refractivity contribution is -0.158. The van der Waals surface area contributed by atoms with Crippen LogP contribution in [0.3, 0.4) is 0 Å². The summed E-state index contributed by atoms with van der Waals surface area (Å²) in [5.41, 5.74) is 0.341. The van der Waals surface area contributed by atoms with E-state index < -0.39 is 12.0 Å². The molecule has 1 saturated heterocycles. The Balaban J connectivity index is 1.86. The average molecular weight is 311 g/mol. The summed E-state index contributed by atoms with van der Waals surface area (Å²) >= 11 is 0. The number of morpholine rings is 1. The first-order valence-corrected chi connectivity index (χ1v) is 8.39. The predicted octanol–water partition coefficient (Wildman–Crippen LogP) is 2.54. The number of carboxylic acid groups (broad SMARTS) is 1. The number of hydrogen-bond acceptors (Lipinski definition) is 3. The van der Waals surface area contributed by atoms with Crippen LogP contribution in [0.15, 0.2) is 0 Å². The summed E-state index contributed by atoms with van der Waals surface area (Å²) in [6.45, 7) is 7.80. The van der Waals surface area contributed by atoms with Crippen LogP contribution in [0.2, 0.25) is 0 Å². The lowest BCUT2D eigenvalue weighted by Gasteiger charge is -2.38. The quantitative estimate of drug-likeness (QED) is 0.870. The minimum absolute atomic E-state index is 0.0186. The van der Waals surface area contributed by atoms with Gasteiger partial charge in [-0.1, -0.05) is 20.8 Å². The van der Waals surface area contributed by atoms with Crippen molar-refractivity contribution >= 4 is 11.9 Å². The maximum absolute atomic E-state index is 12.5. The smallest absolute Gasteiger partial charge is 0.328 e. The van der Waals surface area contributed by atoms with E-state index >= 15 is 0 Å². The number of carbonyl (C=O) groups is 2. The van der Waals surface area contributed by atoms with Crippen LogP contribution in [-0.4, -0.2) is 47.7 Å². The second-order valence-electron chi connectivity index (χ2n) is 7.80. The van der Waals surface area contributed by atoms with Crippen LogP contribution < -0.4 is 0 Å². The molecule has 1 atom stereocenters. The van der Waals surface area contributed by atoms with Crippen molar-refractivity contribution in [2.45, 2.75) is 58.9 Å². The molecule has 22 heavy (non-hydrogen) atoms. The van der Waals surface area contributed by atoms with Crippen LogP contribution in [0.1, 0.15) is 52.9 Å². The number of rotatable bonds is 3. The highest BCUT2D eigenvalue weighted by molar-refractivity contribution is 5.84. The van der Waals surface area contributed by atoms with Crippen LogP contribution in [-0.2, 0) is 14.3 Å². The van der Waals surface area contributed by atoms with E-state index in [-0.39, 0.29) is 12.5 Å². The number of carboxylic acids is 1. The van der Waals surface area contributed by atoms with Crippen LogP contribution in [0.4, 0.5) is 0 Å². The van der Waals surface area contributed by atoms with Gasteiger partial charge in [-0.2, -0.15) is 0 Å². The number of amides is 1. The fourth-order valence-corrected chi connectivity index (χ4v) is 3.70. The van der Waals surface area contributed by atoms with Gasteiger partial charge in [0.2, 0.25) is 5.91 Å². The highest BCUT2D eigenvalue weighted by Crippen LogP contribution is 2.40. The molecule has 1 aliphatic heterocycles. The number of ether oxygens (including phenoxy) is 1. The normalized spacial score (nSPS) is 30.1. The van der Waals surface area contributed by atoms with Gasteiger partial charge < -0.3 is 14.7 Å². The summed E-state index contributed by atoms with van der Waals surface area (Å²) in [5, 5.41) is 9.21. The summed E-state index contributed by atoms with van der Waals surface area (Å²) in [6.07, 6.45) is 4.99. The monoisotopic (exact) mass is 311 g/mol. The molecule has 1 saturated carbocycles. The molecule has 2 rings (SSSR count). The molecule has 1 unspecified atom stereocenters. The molecule has 1 aliphatic carbocycles. The number of hydrogen-bond donors (Lipinski definition) is 1. The van der Waals surface area contributed by atoms with Crippen molar-refractivity contribution in [2.24, 2.45) is 17.3 Å². The minimum atomic E-state index is -0.968. The molecule has 0 aromatic heterocycles. The van der Waals surface area contributed by atoms with Gasteiger partial charge in [0.25, 0.3) is 0 Å². The first-order chi connectivity index (χ1) is 10.3. The van der Waals surface area contributed by atoms with Gasteiger partial charge in [0, 0.05) is 13.0 Å². The average Bonchev–Trinajstić information content (AvgIpc) is 2.46. The summed E-state index contributed by atoms with van der Waals surface area (Å²) < 4.78 is 5.19. The van der Waals surface area contributed by atoms with E-state index in [9.17, 15) is 14.7 Å². The Morgan fingerprint density at radius 1 is 1.18 bits per heavy atom. The molecule has 1 amide bonds. The van der Waals surface area contributed by atoms with Crippen LogP contribution in [0.25, 0.3) is 0 Å². The van der Waals surface area contributed by atoms with Gasteiger partial charge in [0.1, 0.15) is 0 Å². The van der Waals surface area contributed by atoms with E-state index in [4.69, 9.17) is 4.74 Å². The fourth-order valence-electron chi connectivity index (χ4n) is 3.70. The number of aliphatic carboxylic acids is 1. The van der Waals surface area contributed by atoms with E-state index in [1.54, 1.807) is 0 Å². The Morgan fingerprint density at radius 2 is 1.82 bits per heavy atom. The molecule has 0 aromatic carbocycles. The topological polar surface area (TPSA) is 66.8 Å². The molecule has 0 bridgehead atoms. The van der Waals surface area contributed by atoms with Gasteiger partial charge in [-0.25, -0.2) is 4.79 Å².